The Kier molecular flexibility index (Phi) is 8.53. The zero-order valence-corrected chi connectivity index (χ0v) is 17.1. The van der Waals surface area contributed by atoms with E-state index < -0.39 is 40.3 Å². The standard InChI is InChI=1S/C24H30F4/c1-4-6-7-8-9-10-11-17-12-14-18(15-13-17)20-23(27)21(25)19(16(3)5-2)22(26)24(20)28/h12-16H,4-11H2,1-3H3. The van der Waals surface area contributed by atoms with Crippen LogP contribution in [0.15, 0.2) is 24.3 Å². The van der Waals surface area contributed by atoms with E-state index in [0.29, 0.717) is 6.42 Å². The molecule has 0 spiro atoms. The molecular formula is C24H30F4. The maximum absolute atomic E-state index is 14.6. The number of hydrogen-bond acceptors (Lipinski definition) is 0. The molecule has 0 saturated carbocycles. The van der Waals surface area contributed by atoms with Crippen LogP contribution in [0.4, 0.5) is 17.6 Å². The predicted molar refractivity (Wildman–Crippen MR) is 107 cm³/mol. The van der Waals surface area contributed by atoms with Crippen molar-refractivity contribution in [1.82, 2.24) is 0 Å². The molecule has 2 rings (SSSR count). The Morgan fingerprint density at radius 1 is 0.714 bits per heavy atom. The largest absolute Gasteiger partial charge is 0.203 e. The van der Waals surface area contributed by atoms with Crippen molar-refractivity contribution in [2.45, 2.75) is 78.1 Å². The predicted octanol–water partition coefficient (Wildman–Crippen LogP) is 8.33. The molecule has 1 unspecified atom stereocenters. The van der Waals surface area contributed by atoms with E-state index in [-0.39, 0.29) is 5.56 Å². The first-order chi connectivity index (χ1) is 13.4. The van der Waals surface area contributed by atoms with Crippen molar-refractivity contribution in [3.63, 3.8) is 0 Å². The summed E-state index contributed by atoms with van der Waals surface area (Å²) in [5.74, 6) is -5.83. The van der Waals surface area contributed by atoms with E-state index in [1.54, 1.807) is 26.0 Å². The molecule has 0 aromatic heterocycles. The van der Waals surface area contributed by atoms with Crippen LogP contribution < -0.4 is 0 Å². The summed E-state index contributed by atoms with van der Waals surface area (Å²) in [4.78, 5) is 0. The van der Waals surface area contributed by atoms with Gasteiger partial charge in [-0.15, -0.1) is 0 Å². The van der Waals surface area contributed by atoms with Gasteiger partial charge in [0, 0.05) is 5.56 Å². The van der Waals surface area contributed by atoms with Crippen molar-refractivity contribution < 1.29 is 17.6 Å². The number of halogens is 4. The number of hydrogen-bond donors (Lipinski definition) is 0. The Hall–Kier alpha value is -1.84. The second-order valence-corrected chi connectivity index (χ2v) is 7.57. The lowest BCUT2D eigenvalue weighted by molar-refractivity contribution is 0.431. The molecule has 2 aromatic rings. The van der Waals surface area contributed by atoms with Crippen LogP contribution >= 0.6 is 0 Å². The summed E-state index contributed by atoms with van der Waals surface area (Å²) in [6.45, 7) is 5.45. The molecule has 1 atom stereocenters. The Morgan fingerprint density at radius 3 is 1.79 bits per heavy atom. The average molecular weight is 394 g/mol. The Bertz CT molecular complexity index is 736. The third kappa shape index (κ3) is 5.15. The lowest BCUT2D eigenvalue weighted by Crippen LogP contribution is -2.09. The molecule has 0 aliphatic carbocycles. The zero-order valence-electron chi connectivity index (χ0n) is 17.1. The van der Waals surface area contributed by atoms with Crippen LogP contribution in [0.5, 0.6) is 0 Å². The molecule has 0 heterocycles. The molecule has 0 aliphatic rings. The smallest absolute Gasteiger partial charge is 0.170 e. The Labute approximate surface area is 166 Å². The molecular weight excluding hydrogens is 364 g/mol. The molecule has 4 heteroatoms. The normalized spacial score (nSPS) is 12.4. The Morgan fingerprint density at radius 2 is 1.25 bits per heavy atom. The van der Waals surface area contributed by atoms with Gasteiger partial charge in [0.1, 0.15) is 0 Å². The zero-order chi connectivity index (χ0) is 20.7. The minimum absolute atomic E-state index is 0.148. The monoisotopic (exact) mass is 394 g/mol. The van der Waals surface area contributed by atoms with Crippen molar-refractivity contribution in [3.05, 3.63) is 58.7 Å². The fourth-order valence-corrected chi connectivity index (χ4v) is 3.49. The fourth-order valence-electron chi connectivity index (χ4n) is 3.49. The molecule has 0 amide bonds. The van der Waals surface area contributed by atoms with E-state index in [1.165, 1.54) is 37.8 Å². The third-order valence-electron chi connectivity index (χ3n) is 5.46. The summed E-state index contributed by atoms with van der Waals surface area (Å²) in [5, 5.41) is 0. The van der Waals surface area contributed by atoms with E-state index in [0.717, 1.165) is 24.8 Å². The highest BCUT2D eigenvalue weighted by molar-refractivity contribution is 5.66. The van der Waals surface area contributed by atoms with Crippen LogP contribution in [0.2, 0.25) is 0 Å². The van der Waals surface area contributed by atoms with Gasteiger partial charge in [0.25, 0.3) is 0 Å². The van der Waals surface area contributed by atoms with Gasteiger partial charge in [-0.1, -0.05) is 77.1 Å². The van der Waals surface area contributed by atoms with Gasteiger partial charge in [0.2, 0.25) is 0 Å². The second-order valence-electron chi connectivity index (χ2n) is 7.57. The lowest BCUT2D eigenvalue weighted by atomic mass is 9.92. The highest BCUT2D eigenvalue weighted by Gasteiger charge is 2.28. The first kappa shape index (κ1) is 22.4. The maximum Gasteiger partial charge on any atom is 0.170 e. The minimum atomic E-state index is -1.32. The van der Waals surface area contributed by atoms with Crippen LogP contribution in [-0.2, 0) is 6.42 Å². The maximum atomic E-state index is 14.6. The van der Waals surface area contributed by atoms with Gasteiger partial charge in [-0.3, -0.25) is 0 Å². The summed E-state index contributed by atoms with van der Waals surface area (Å²) in [6, 6.07) is 6.63. The lowest BCUT2D eigenvalue weighted by Gasteiger charge is -2.16. The molecule has 0 saturated heterocycles. The summed E-state index contributed by atoms with van der Waals surface area (Å²) < 4.78 is 57.9. The highest BCUT2D eigenvalue weighted by atomic mass is 19.2. The summed E-state index contributed by atoms with van der Waals surface area (Å²) >= 11 is 0. The number of aryl methyl sites for hydroxylation is 1. The highest BCUT2D eigenvalue weighted by Crippen LogP contribution is 2.36. The molecule has 0 bridgehead atoms. The number of benzene rings is 2. The first-order valence-corrected chi connectivity index (χ1v) is 10.4. The van der Waals surface area contributed by atoms with Crippen LogP contribution in [0.3, 0.4) is 0 Å². The number of unbranched alkanes of at least 4 members (excludes halogenated alkanes) is 5. The van der Waals surface area contributed by atoms with E-state index in [4.69, 9.17) is 0 Å². The SMILES string of the molecule is CCCCCCCCc1ccc(-c2c(F)c(F)c(C(C)CC)c(F)c2F)cc1. The molecule has 0 N–H and O–H groups in total. The molecule has 0 fully saturated rings. The van der Waals surface area contributed by atoms with Gasteiger partial charge in [-0.2, -0.15) is 0 Å². The first-order valence-electron chi connectivity index (χ1n) is 10.4. The summed E-state index contributed by atoms with van der Waals surface area (Å²) in [5.41, 5.74) is 0.0570. The van der Waals surface area contributed by atoms with Gasteiger partial charge < -0.3 is 0 Å². The summed E-state index contributed by atoms with van der Waals surface area (Å²) in [7, 11) is 0. The Balaban J connectivity index is 2.17. The summed E-state index contributed by atoms with van der Waals surface area (Å²) in [6.07, 6.45) is 8.41. The van der Waals surface area contributed by atoms with Crippen LogP contribution in [0, 0.1) is 23.3 Å². The topological polar surface area (TPSA) is 0 Å². The van der Waals surface area contributed by atoms with Crippen LogP contribution in [0.1, 0.15) is 82.8 Å². The molecule has 0 nitrogen and oxygen atoms in total. The van der Waals surface area contributed by atoms with Crippen molar-refractivity contribution >= 4 is 0 Å². The van der Waals surface area contributed by atoms with Crippen molar-refractivity contribution in [1.29, 1.82) is 0 Å². The van der Waals surface area contributed by atoms with Gasteiger partial charge in [-0.25, -0.2) is 17.6 Å². The van der Waals surface area contributed by atoms with E-state index in [9.17, 15) is 17.6 Å². The molecule has 2 aromatic carbocycles. The van der Waals surface area contributed by atoms with Gasteiger partial charge in [-0.05, 0) is 36.3 Å². The molecule has 0 radical (unpaired) electrons. The van der Waals surface area contributed by atoms with E-state index in [1.807, 2.05) is 0 Å². The van der Waals surface area contributed by atoms with Crippen molar-refractivity contribution in [2.75, 3.05) is 0 Å². The van der Waals surface area contributed by atoms with Gasteiger partial charge in [0.15, 0.2) is 23.3 Å². The fraction of sp³-hybridized carbons (Fsp3) is 0.500. The van der Waals surface area contributed by atoms with Crippen molar-refractivity contribution in [2.24, 2.45) is 0 Å². The van der Waals surface area contributed by atoms with Crippen LogP contribution in [-0.4, -0.2) is 0 Å². The quantitative estimate of drug-likeness (QED) is 0.216. The van der Waals surface area contributed by atoms with Crippen LogP contribution in [0.25, 0.3) is 11.1 Å². The van der Waals surface area contributed by atoms with Gasteiger partial charge in [0.05, 0.1) is 5.56 Å². The average Bonchev–Trinajstić information content (AvgIpc) is 2.70. The third-order valence-corrected chi connectivity index (χ3v) is 5.46. The van der Waals surface area contributed by atoms with E-state index >= 15 is 0 Å². The van der Waals surface area contributed by atoms with Gasteiger partial charge >= 0.3 is 0 Å². The molecule has 154 valence electrons. The molecule has 0 aliphatic heterocycles. The van der Waals surface area contributed by atoms with E-state index in [2.05, 4.69) is 6.92 Å². The second kappa shape index (κ2) is 10.6. The minimum Gasteiger partial charge on any atom is -0.203 e. The number of rotatable bonds is 10. The molecule has 28 heavy (non-hydrogen) atoms. The van der Waals surface area contributed by atoms with Crippen molar-refractivity contribution in [3.8, 4) is 11.1 Å².